The first kappa shape index (κ1) is 23.7. The minimum atomic E-state index is -0.374. The van der Waals surface area contributed by atoms with E-state index in [1.807, 2.05) is 41.1 Å². The van der Waals surface area contributed by atoms with Gasteiger partial charge in [0.15, 0.2) is 5.78 Å². The van der Waals surface area contributed by atoms with Crippen molar-refractivity contribution in [2.45, 2.75) is 64.8 Å². The molecule has 3 aromatic rings. The van der Waals surface area contributed by atoms with Gasteiger partial charge in [-0.1, -0.05) is 75.0 Å². The Morgan fingerprint density at radius 1 is 1.14 bits per heavy atom. The molecule has 1 atom stereocenters. The predicted octanol–water partition coefficient (Wildman–Crippen LogP) is 6.33. The number of para-hydroxylation sites is 1. The number of hydrogen-bond acceptors (Lipinski definition) is 6. The second-order valence-corrected chi connectivity index (χ2v) is 11.2. The summed E-state index contributed by atoms with van der Waals surface area (Å²) in [5, 5.41) is 9.03. The largest absolute Gasteiger partial charge is 0.489 e. The van der Waals surface area contributed by atoms with E-state index in [4.69, 9.17) is 14.8 Å². The SMILES string of the molecule is CCCSc1nc2n(n1)C(c1ccccc1OCc1ccccc1C)C1=C(CC(C)(C)CC1=O)N2. The first-order chi connectivity index (χ1) is 16.9. The van der Waals surface area contributed by atoms with E-state index >= 15 is 0 Å². The molecule has 0 fully saturated rings. The molecule has 35 heavy (non-hydrogen) atoms. The van der Waals surface area contributed by atoms with Gasteiger partial charge >= 0.3 is 0 Å². The van der Waals surface area contributed by atoms with Gasteiger partial charge in [-0.05, 0) is 42.4 Å². The highest BCUT2D eigenvalue weighted by Crippen LogP contribution is 2.47. The smallest absolute Gasteiger partial charge is 0.227 e. The van der Waals surface area contributed by atoms with Crippen LogP contribution in [0.4, 0.5) is 5.95 Å². The maximum atomic E-state index is 13.5. The molecule has 5 rings (SSSR count). The molecular formula is C28H32N4O2S. The highest BCUT2D eigenvalue weighted by Gasteiger charge is 2.42. The van der Waals surface area contributed by atoms with E-state index in [2.05, 4.69) is 45.1 Å². The average molecular weight is 489 g/mol. The molecule has 182 valence electrons. The number of nitrogens with zero attached hydrogens (tertiary/aromatic N) is 3. The zero-order valence-electron chi connectivity index (χ0n) is 20.8. The Hall–Kier alpha value is -3.06. The summed E-state index contributed by atoms with van der Waals surface area (Å²) >= 11 is 1.64. The summed E-state index contributed by atoms with van der Waals surface area (Å²) in [6.07, 6.45) is 2.35. The molecule has 0 radical (unpaired) electrons. The zero-order valence-corrected chi connectivity index (χ0v) is 21.6. The van der Waals surface area contributed by atoms with Crippen molar-refractivity contribution in [3.05, 3.63) is 76.5 Å². The second kappa shape index (κ2) is 9.53. The summed E-state index contributed by atoms with van der Waals surface area (Å²) in [5.74, 6) is 2.55. The van der Waals surface area contributed by atoms with Gasteiger partial charge in [0, 0.05) is 29.0 Å². The van der Waals surface area contributed by atoms with Crippen LogP contribution in [0.15, 0.2) is 65.0 Å². The summed E-state index contributed by atoms with van der Waals surface area (Å²) in [6.45, 7) is 8.99. The summed E-state index contributed by atoms with van der Waals surface area (Å²) in [6, 6.07) is 15.9. The van der Waals surface area contributed by atoms with Gasteiger partial charge in [-0.2, -0.15) is 4.98 Å². The van der Waals surface area contributed by atoms with Crippen LogP contribution in [0.2, 0.25) is 0 Å². The Morgan fingerprint density at radius 2 is 1.91 bits per heavy atom. The minimum absolute atomic E-state index is 0.101. The number of anilines is 1. The van der Waals surface area contributed by atoms with Crippen molar-refractivity contribution in [2.24, 2.45) is 5.41 Å². The molecule has 1 aliphatic heterocycles. The lowest BCUT2D eigenvalue weighted by atomic mass is 9.73. The molecule has 0 saturated heterocycles. The highest BCUT2D eigenvalue weighted by atomic mass is 32.2. The fourth-order valence-electron chi connectivity index (χ4n) is 4.90. The molecule has 0 amide bonds. The van der Waals surface area contributed by atoms with Crippen LogP contribution in [0.3, 0.4) is 0 Å². The summed E-state index contributed by atoms with van der Waals surface area (Å²) in [4.78, 5) is 18.3. The van der Waals surface area contributed by atoms with E-state index in [0.717, 1.165) is 51.9 Å². The van der Waals surface area contributed by atoms with Crippen LogP contribution in [-0.2, 0) is 11.4 Å². The van der Waals surface area contributed by atoms with Crippen LogP contribution in [0.25, 0.3) is 0 Å². The lowest BCUT2D eigenvalue weighted by molar-refractivity contribution is -0.118. The number of aromatic nitrogens is 3. The van der Waals surface area contributed by atoms with E-state index in [-0.39, 0.29) is 17.2 Å². The van der Waals surface area contributed by atoms with Crippen molar-refractivity contribution in [1.29, 1.82) is 0 Å². The van der Waals surface area contributed by atoms with E-state index in [1.54, 1.807) is 11.8 Å². The molecule has 0 spiro atoms. The number of rotatable bonds is 7. The molecule has 2 aliphatic rings. The molecule has 7 heteroatoms. The normalized spacial score (nSPS) is 18.6. The van der Waals surface area contributed by atoms with E-state index < -0.39 is 0 Å². The number of nitrogens with one attached hydrogen (secondary N) is 1. The van der Waals surface area contributed by atoms with Crippen LogP contribution in [0.1, 0.15) is 62.8 Å². The Balaban J connectivity index is 1.58. The Morgan fingerprint density at radius 3 is 2.71 bits per heavy atom. The molecule has 2 heterocycles. The van der Waals surface area contributed by atoms with Gasteiger partial charge in [0.2, 0.25) is 11.1 Å². The van der Waals surface area contributed by atoms with Crippen molar-refractivity contribution < 1.29 is 9.53 Å². The lowest BCUT2D eigenvalue weighted by Gasteiger charge is -2.38. The second-order valence-electron chi connectivity index (χ2n) is 10.1. The first-order valence-electron chi connectivity index (χ1n) is 12.2. The maximum Gasteiger partial charge on any atom is 0.227 e. The van der Waals surface area contributed by atoms with Crippen LogP contribution in [-0.4, -0.2) is 26.3 Å². The van der Waals surface area contributed by atoms with Crippen LogP contribution >= 0.6 is 11.8 Å². The van der Waals surface area contributed by atoms with Gasteiger partial charge in [0.1, 0.15) is 18.4 Å². The third kappa shape index (κ3) is 4.74. The van der Waals surface area contributed by atoms with Crippen LogP contribution in [0.5, 0.6) is 5.75 Å². The zero-order chi connectivity index (χ0) is 24.6. The number of hydrogen-bond donors (Lipinski definition) is 1. The minimum Gasteiger partial charge on any atom is -0.489 e. The fraction of sp³-hybridized carbons (Fsp3) is 0.393. The molecule has 1 aromatic heterocycles. The molecule has 0 saturated carbocycles. The fourth-order valence-corrected chi connectivity index (χ4v) is 5.58. The van der Waals surface area contributed by atoms with Crippen molar-refractivity contribution in [1.82, 2.24) is 14.8 Å². The third-order valence-corrected chi connectivity index (χ3v) is 7.65. The number of allylic oxidation sites excluding steroid dienone is 2. The average Bonchev–Trinajstić information content (AvgIpc) is 3.23. The highest BCUT2D eigenvalue weighted by molar-refractivity contribution is 7.99. The van der Waals surface area contributed by atoms with E-state index in [0.29, 0.717) is 19.0 Å². The molecule has 1 aliphatic carbocycles. The van der Waals surface area contributed by atoms with Gasteiger partial charge in [0.05, 0.1) is 0 Å². The summed E-state index contributed by atoms with van der Waals surface area (Å²) in [5.41, 5.74) is 4.90. The van der Waals surface area contributed by atoms with Gasteiger partial charge in [-0.15, -0.1) is 5.10 Å². The number of ketones is 1. The Bertz CT molecular complexity index is 1290. The predicted molar refractivity (Wildman–Crippen MR) is 140 cm³/mol. The third-order valence-electron chi connectivity index (χ3n) is 6.61. The van der Waals surface area contributed by atoms with Crippen LogP contribution < -0.4 is 10.1 Å². The number of ether oxygens (including phenoxy) is 1. The van der Waals surface area contributed by atoms with Crippen molar-refractivity contribution in [3.8, 4) is 5.75 Å². The monoisotopic (exact) mass is 488 g/mol. The van der Waals surface area contributed by atoms with Crippen molar-refractivity contribution in [3.63, 3.8) is 0 Å². The van der Waals surface area contributed by atoms with Crippen molar-refractivity contribution >= 4 is 23.5 Å². The quantitative estimate of drug-likeness (QED) is 0.392. The number of benzene rings is 2. The number of fused-ring (bicyclic) bond motifs is 1. The van der Waals surface area contributed by atoms with Gasteiger partial charge < -0.3 is 10.1 Å². The molecule has 2 aromatic carbocycles. The van der Waals surface area contributed by atoms with Crippen molar-refractivity contribution in [2.75, 3.05) is 11.1 Å². The first-order valence-corrected chi connectivity index (χ1v) is 13.2. The molecule has 0 bridgehead atoms. The molecule has 1 unspecified atom stereocenters. The number of Topliss-reactive ketones (excluding diaryl/α,β-unsaturated/α-hetero) is 1. The Labute approximate surface area is 211 Å². The summed E-state index contributed by atoms with van der Waals surface area (Å²) < 4.78 is 8.26. The standard InChI is InChI=1S/C28H32N4O2S/c1-5-14-35-27-30-26-29-21-15-28(3,4)16-22(33)24(21)25(32(26)31-27)20-12-8-9-13-23(20)34-17-19-11-7-6-10-18(19)2/h6-13,25H,5,14-17H2,1-4H3,(H,29,30,31). The van der Waals surface area contributed by atoms with E-state index in [1.165, 1.54) is 5.56 Å². The molecule has 6 nitrogen and oxygen atoms in total. The van der Waals surface area contributed by atoms with Gasteiger partial charge in [0.25, 0.3) is 0 Å². The van der Waals surface area contributed by atoms with E-state index in [9.17, 15) is 4.79 Å². The number of aryl methyl sites for hydroxylation is 1. The Kier molecular flexibility index (Phi) is 6.45. The number of carbonyl (C=O) groups excluding carboxylic acids is 1. The van der Waals surface area contributed by atoms with Gasteiger partial charge in [-0.3, -0.25) is 4.79 Å². The topological polar surface area (TPSA) is 69.0 Å². The van der Waals surface area contributed by atoms with Crippen LogP contribution in [0, 0.1) is 12.3 Å². The lowest BCUT2D eigenvalue weighted by Crippen LogP contribution is -2.36. The number of carbonyl (C=O) groups is 1. The maximum absolute atomic E-state index is 13.5. The van der Waals surface area contributed by atoms with Gasteiger partial charge in [-0.25, -0.2) is 4.68 Å². The summed E-state index contributed by atoms with van der Waals surface area (Å²) in [7, 11) is 0. The molecular weight excluding hydrogens is 456 g/mol. The molecule has 1 N–H and O–H groups in total. The number of thioether (sulfide) groups is 1.